The number of aromatic nitrogens is 3. The number of methoxy groups -OCH3 is 1. The number of nitrogens with zero attached hydrogens (tertiary/aromatic N) is 5. The van der Waals surface area contributed by atoms with Crippen LogP contribution in [-0.4, -0.2) is 92.9 Å². The van der Waals surface area contributed by atoms with Crippen LogP contribution in [0.2, 0.25) is 10.0 Å². The lowest BCUT2D eigenvalue weighted by Crippen LogP contribution is -2.63. The second kappa shape index (κ2) is 14.3. The smallest absolute Gasteiger partial charge is 0.404 e. The number of rotatable bonds is 8. The maximum atomic E-state index is 14.5. The minimum absolute atomic E-state index is 0.0700. The van der Waals surface area contributed by atoms with Gasteiger partial charge < -0.3 is 34.4 Å². The number of aliphatic hydroxyl groups excluding tert-OH is 3. The van der Waals surface area contributed by atoms with Gasteiger partial charge in [-0.25, -0.2) is 4.68 Å². The SMILES string of the molecule is CO[C@@H]1[C@@H](n2cc(-c3ccc(Cl)c(OC(F)(F)F)c3)nn2)[C@@H](O)[C@@H](CO)O[C@H]1C(=O)N(c1cc(Cl)cc(C#N)c1)[C@H]1CCCC[C@@H]1O. The molecule has 0 spiro atoms. The summed E-state index contributed by atoms with van der Waals surface area (Å²) in [5.41, 5.74) is 0.620. The van der Waals surface area contributed by atoms with E-state index in [9.17, 15) is 38.5 Å². The molecule has 2 fully saturated rings. The molecule has 47 heavy (non-hydrogen) atoms. The third kappa shape index (κ3) is 7.49. The fraction of sp³-hybridized carbons (Fsp3) is 0.467. The molecule has 7 atom stereocenters. The van der Waals surface area contributed by atoms with Gasteiger partial charge in [-0.2, -0.15) is 5.26 Å². The van der Waals surface area contributed by atoms with E-state index >= 15 is 0 Å². The predicted molar refractivity (Wildman–Crippen MR) is 161 cm³/mol. The molecule has 2 aromatic carbocycles. The van der Waals surface area contributed by atoms with Crippen molar-refractivity contribution in [3.8, 4) is 23.1 Å². The molecule has 1 aliphatic carbocycles. The Bertz CT molecular complexity index is 1640. The highest BCUT2D eigenvalue weighted by molar-refractivity contribution is 6.32. The number of alkyl halides is 3. The van der Waals surface area contributed by atoms with Gasteiger partial charge in [-0.1, -0.05) is 47.3 Å². The first-order valence-corrected chi connectivity index (χ1v) is 15.3. The summed E-state index contributed by atoms with van der Waals surface area (Å²) in [7, 11) is 1.28. The zero-order valence-electron chi connectivity index (χ0n) is 24.7. The molecular formula is C30H30Cl2F3N5O7. The van der Waals surface area contributed by atoms with Gasteiger partial charge in [0.2, 0.25) is 0 Å². The molecule has 1 aromatic heterocycles. The second-order valence-electron chi connectivity index (χ2n) is 11.2. The highest BCUT2D eigenvalue weighted by atomic mass is 35.5. The summed E-state index contributed by atoms with van der Waals surface area (Å²) in [6.45, 7) is -0.712. The maximum absolute atomic E-state index is 14.5. The summed E-state index contributed by atoms with van der Waals surface area (Å²) >= 11 is 12.2. The molecule has 1 saturated heterocycles. The second-order valence-corrected chi connectivity index (χ2v) is 12.0. The number of benzene rings is 2. The Morgan fingerprint density at radius 1 is 1.19 bits per heavy atom. The summed E-state index contributed by atoms with van der Waals surface area (Å²) in [5, 5.41) is 50.0. The molecule has 12 nitrogen and oxygen atoms in total. The van der Waals surface area contributed by atoms with Crippen LogP contribution in [0.15, 0.2) is 42.6 Å². The van der Waals surface area contributed by atoms with Gasteiger partial charge in [0.1, 0.15) is 35.8 Å². The van der Waals surface area contributed by atoms with Crippen LogP contribution in [-0.2, 0) is 14.3 Å². The van der Waals surface area contributed by atoms with Gasteiger partial charge in [0.15, 0.2) is 6.10 Å². The highest BCUT2D eigenvalue weighted by Crippen LogP contribution is 2.38. The van der Waals surface area contributed by atoms with E-state index in [4.69, 9.17) is 32.7 Å². The highest BCUT2D eigenvalue weighted by Gasteiger charge is 2.52. The molecule has 2 aliphatic rings. The topological polar surface area (TPSA) is 163 Å². The Morgan fingerprint density at radius 3 is 2.60 bits per heavy atom. The summed E-state index contributed by atoms with van der Waals surface area (Å²) in [6.07, 6.45) is -7.86. The number of hydrogen-bond acceptors (Lipinski definition) is 10. The average Bonchev–Trinajstić information content (AvgIpc) is 3.51. The first-order valence-electron chi connectivity index (χ1n) is 14.5. The van der Waals surface area contributed by atoms with Crippen molar-refractivity contribution in [2.75, 3.05) is 18.6 Å². The van der Waals surface area contributed by atoms with E-state index in [0.29, 0.717) is 19.3 Å². The molecule has 17 heteroatoms. The Balaban J connectivity index is 1.53. The normalized spacial score (nSPS) is 26.4. The van der Waals surface area contributed by atoms with Crippen molar-refractivity contribution in [3.05, 3.63) is 58.2 Å². The minimum atomic E-state index is -5.00. The zero-order chi connectivity index (χ0) is 34.0. The first-order chi connectivity index (χ1) is 22.3. The van der Waals surface area contributed by atoms with Crippen molar-refractivity contribution in [2.24, 2.45) is 0 Å². The van der Waals surface area contributed by atoms with E-state index in [1.54, 1.807) is 0 Å². The summed E-state index contributed by atoms with van der Waals surface area (Å²) in [6, 6.07) is 8.05. The van der Waals surface area contributed by atoms with Crippen molar-refractivity contribution in [2.45, 2.75) is 74.6 Å². The number of carbonyl (C=O) groups excluding carboxylic acids is 1. The summed E-state index contributed by atoms with van der Waals surface area (Å²) < 4.78 is 55.6. The summed E-state index contributed by atoms with van der Waals surface area (Å²) in [4.78, 5) is 15.9. The molecule has 0 radical (unpaired) electrons. The number of hydrogen-bond donors (Lipinski definition) is 3. The Morgan fingerprint density at radius 2 is 1.94 bits per heavy atom. The molecule has 3 aromatic rings. The van der Waals surface area contributed by atoms with E-state index in [1.807, 2.05) is 6.07 Å². The Kier molecular flexibility index (Phi) is 10.6. The number of anilines is 1. The van der Waals surface area contributed by atoms with Gasteiger partial charge in [0.25, 0.3) is 5.91 Å². The molecule has 3 N–H and O–H groups in total. The average molecular weight is 700 g/mol. The predicted octanol–water partition coefficient (Wildman–Crippen LogP) is 4.04. The summed E-state index contributed by atoms with van der Waals surface area (Å²) in [5.74, 6) is -1.36. The number of amides is 1. The van der Waals surface area contributed by atoms with Crippen molar-refractivity contribution in [3.63, 3.8) is 0 Å². The largest absolute Gasteiger partial charge is 0.573 e. The number of halogens is 5. The van der Waals surface area contributed by atoms with Gasteiger partial charge in [-0.3, -0.25) is 4.79 Å². The molecule has 5 rings (SSSR count). The van der Waals surface area contributed by atoms with Gasteiger partial charge in [0.05, 0.1) is 41.6 Å². The van der Waals surface area contributed by atoms with E-state index in [-0.39, 0.29) is 32.6 Å². The fourth-order valence-corrected chi connectivity index (χ4v) is 6.46. The third-order valence-corrected chi connectivity index (χ3v) is 8.73. The third-order valence-electron chi connectivity index (χ3n) is 8.20. The lowest BCUT2D eigenvalue weighted by Gasteiger charge is -2.46. The first kappa shape index (κ1) is 34.8. The molecule has 2 heterocycles. The molecule has 1 amide bonds. The Labute approximate surface area is 276 Å². The number of carbonyl (C=O) groups is 1. The van der Waals surface area contributed by atoms with E-state index < -0.39 is 67.2 Å². The van der Waals surface area contributed by atoms with Gasteiger partial charge >= 0.3 is 6.36 Å². The Hall–Kier alpha value is -3.49. The van der Waals surface area contributed by atoms with E-state index in [2.05, 4.69) is 15.0 Å². The van der Waals surface area contributed by atoms with Gasteiger partial charge in [0, 0.05) is 23.4 Å². The molecule has 0 unspecified atom stereocenters. The van der Waals surface area contributed by atoms with Crippen molar-refractivity contribution in [1.82, 2.24) is 15.0 Å². The molecule has 0 bridgehead atoms. The van der Waals surface area contributed by atoms with E-state index in [0.717, 1.165) is 12.5 Å². The van der Waals surface area contributed by atoms with Crippen LogP contribution in [0.4, 0.5) is 18.9 Å². The number of aliphatic hydroxyl groups is 3. The lowest BCUT2D eigenvalue weighted by atomic mass is 9.88. The molecule has 252 valence electrons. The quantitative estimate of drug-likeness (QED) is 0.313. The minimum Gasteiger partial charge on any atom is -0.404 e. The van der Waals surface area contributed by atoms with Gasteiger partial charge in [-0.05, 0) is 43.2 Å². The monoisotopic (exact) mass is 699 g/mol. The van der Waals surface area contributed by atoms with Crippen LogP contribution in [0.3, 0.4) is 0 Å². The molecular weight excluding hydrogens is 670 g/mol. The number of nitriles is 1. The maximum Gasteiger partial charge on any atom is 0.573 e. The fourth-order valence-electron chi connectivity index (χ4n) is 6.07. The number of ether oxygens (including phenoxy) is 3. The standard InChI is InChI=1S/C30H30Cl2F3N5O7/c1-45-27-25(39-13-20(37-38-39)16-6-7-19(32)23(10-16)47-30(33,34)35)26(43)24(14-41)46-28(27)29(44)40(21-4-2-3-5-22(21)42)18-9-15(12-36)8-17(31)11-18/h6-11,13,21-22,24-28,41-43H,2-5,14H2,1H3/t21-,22-,24+,25-,26-,27+,28+/m0/s1. The van der Waals surface area contributed by atoms with Crippen LogP contribution >= 0.6 is 23.2 Å². The van der Waals surface area contributed by atoms with Crippen LogP contribution < -0.4 is 9.64 Å². The van der Waals surface area contributed by atoms with Crippen molar-refractivity contribution in [1.29, 1.82) is 5.26 Å². The zero-order valence-corrected chi connectivity index (χ0v) is 26.2. The molecule has 1 saturated carbocycles. The van der Waals surface area contributed by atoms with Crippen molar-refractivity contribution < 1.29 is 47.5 Å². The van der Waals surface area contributed by atoms with Crippen LogP contribution in [0.25, 0.3) is 11.3 Å². The van der Waals surface area contributed by atoms with Crippen LogP contribution in [0, 0.1) is 11.3 Å². The van der Waals surface area contributed by atoms with E-state index in [1.165, 1.54) is 53.2 Å². The van der Waals surface area contributed by atoms with Crippen molar-refractivity contribution >= 4 is 34.8 Å². The van der Waals surface area contributed by atoms with Gasteiger partial charge in [-0.15, -0.1) is 18.3 Å². The van der Waals surface area contributed by atoms with Crippen LogP contribution in [0.1, 0.15) is 37.3 Å². The lowest BCUT2D eigenvalue weighted by molar-refractivity contribution is -0.274. The van der Waals surface area contributed by atoms with Crippen LogP contribution in [0.5, 0.6) is 5.75 Å². The molecule has 1 aliphatic heterocycles.